The molecule has 3 rings (SSSR count). The van der Waals surface area contributed by atoms with Crippen molar-refractivity contribution in [3.8, 4) is 11.4 Å². The van der Waals surface area contributed by atoms with Crippen LogP contribution in [-0.2, 0) is 27.2 Å². The SMILES string of the molecule is CN(c1ccc(/C(=C\n2cnc(-c3cc(C(F)(F)F)cc(C(F)(F)F)c3)n2)C(N)=O)cc1)S(C)(=O)=O. The molecule has 3 aromatic rings. The molecule has 0 radical (unpaired) electrons. The van der Waals surface area contributed by atoms with Gasteiger partial charge in [0.1, 0.15) is 6.33 Å². The van der Waals surface area contributed by atoms with Gasteiger partial charge in [-0.05, 0) is 35.9 Å². The van der Waals surface area contributed by atoms with Crippen molar-refractivity contribution in [2.45, 2.75) is 12.4 Å². The summed E-state index contributed by atoms with van der Waals surface area (Å²) in [7, 11) is -2.21. The number of amides is 1. The van der Waals surface area contributed by atoms with Gasteiger partial charge < -0.3 is 5.73 Å². The average Bonchev–Trinajstić information content (AvgIpc) is 3.23. The monoisotopic (exact) mass is 533 g/mol. The molecule has 8 nitrogen and oxygen atoms in total. The lowest BCUT2D eigenvalue weighted by molar-refractivity contribution is -0.143. The number of hydrogen-bond donors (Lipinski definition) is 1. The van der Waals surface area contributed by atoms with Gasteiger partial charge in [-0.3, -0.25) is 9.10 Å². The van der Waals surface area contributed by atoms with Gasteiger partial charge in [0, 0.05) is 18.8 Å². The van der Waals surface area contributed by atoms with Crippen LogP contribution < -0.4 is 10.0 Å². The van der Waals surface area contributed by atoms with Crippen LogP contribution in [0.3, 0.4) is 0 Å². The first-order valence-corrected chi connectivity index (χ1v) is 11.6. The van der Waals surface area contributed by atoms with Gasteiger partial charge in [0.25, 0.3) is 5.91 Å². The standard InChI is InChI=1S/C21H17F6N5O3S/c1-31(36(2,34)35)16-5-3-12(4-6-16)17(18(28)33)10-32-11-29-19(30-32)13-7-14(20(22,23)24)9-15(8-13)21(25,26)27/h3-11H,1-2H3,(H2,28,33)/b17-10+. The number of hydrogen-bond acceptors (Lipinski definition) is 5. The summed E-state index contributed by atoms with van der Waals surface area (Å²) in [5, 5.41) is 3.85. The van der Waals surface area contributed by atoms with Crippen LogP contribution >= 0.6 is 0 Å². The Hall–Kier alpha value is -3.88. The number of sulfonamides is 1. The van der Waals surface area contributed by atoms with E-state index in [0.717, 1.165) is 27.8 Å². The topological polar surface area (TPSA) is 111 Å². The lowest BCUT2D eigenvalue weighted by Crippen LogP contribution is -2.24. The number of alkyl halides is 6. The van der Waals surface area contributed by atoms with Crippen LogP contribution in [0.4, 0.5) is 32.0 Å². The summed E-state index contributed by atoms with van der Waals surface area (Å²) in [5.41, 5.74) is 2.20. The van der Waals surface area contributed by atoms with Gasteiger partial charge >= 0.3 is 12.4 Å². The number of aromatic nitrogens is 3. The number of primary amides is 1. The highest BCUT2D eigenvalue weighted by molar-refractivity contribution is 7.92. The van der Waals surface area contributed by atoms with Crippen molar-refractivity contribution in [1.82, 2.24) is 14.8 Å². The molecule has 0 aliphatic rings. The van der Waals surface area contributed by atoms with Gasteiger partial charge in [-0.15, -0.1) is 5.10 Å². The van der Waals surface area contributed by atoms with E-state index in [9.17, 15) is 39.6 Å². The zero-order valence-electron chi connectivity index (χ0n) is 18.5. The number of carbonyl (C=O) groups excluding carboxylic acids is 1. The van der Waals surface area contributed by atoms with Gasteiger partial charge in [0.05, 0.1) is 28.6 Å². The van der Waals surface area contributed by atoms with E-state index in [0.29, 0.717) is 12.1 Å². The van der Waals surface area contributed by atoms with Crippen molar-refractivity contribution in [3.05, 3.63) is 65.5 Å². The summed E-state index contributed by atoms with van der Waals surface area (Å²) >= 11 is 0. The lowest BCUT2D eigenvalue weighted by Gasteiger charge is -2.16. The minimum Gasteiger partial charge on any atom is -0.366 e. The van der Waals surface area contributed by atoms with Gasteiger partial charge in [0.2, 0.25) is 10.0 Å². The highest BCUT2D eigenvalue weighted by Gasteiger charge is 2.37. The summed E-state index contributed by atoms with van der Waals surface area (Å²) in [4.78, 5) is 15.8. The number of nitrogens with zero attached hydrogens (tertiary/aromatic N) is 4. The third kappa shape index (κ3) is 6.02. The van der Waals surface area contributed by atoms with Crippen molar-refractivity contribution in [1.29, 1.82) is 0 Å². The fraction of sp³-hybridized carbons (Fsp3) is 0.190. The Balaban J connectivity index is 2.01. The fourth-order valence-corrected chi connectivity index (χ4v) is 3.51. The molecule has 15 heteroatoms. The second-order valence-corrected chi connectivity index (χ2v) is 9.54. The molecule has 0 aliphatic carbocycles. The summed E-state index contributed by atoms with van der Waals surface area (Å²) in [5.74, 6) is -1.40. The molecular formula is C21H17F6N5O3S. The second kappa shape index (κ2) is 9.29. The smallest absolute Gasteiger partial charge is 0.366 e. The minimum atomic E-state index is -5.05. The Morgan fingerprint density at radius 3 is 1.97 bits per heavy atom. The number of carbonyl (C=O) groups is 1. The van der Waals surface area contributed by atoms with Crippen molar-refractivity contribution in [2.24, 2.45) is 5.73 Å². The molecule has 36 heavy (non-hydrogen) atoms. The maximum Gasteiger partial charge on any atom is 0.416 e. The molecule has 1 heterocycles. The van der Waals surface area contributed by atoms with E-state index >= 15 is 0 Å². The molecule has 0 unspecified atom stereocenters. The first kappa shape index (κ1) is 26.7. The van der Waals surface area contributed by atoms with Crippen molar-refractivity contribution >= 4 is 33.4 Å². The van der Waals surface area contributed by atoms with E-state index in [2.05, 4.69) is 10.1 Å². The Labute approximate surface area is 200 Å². The van der Waals surface area contributed by atoms with E-state index in [1.807, 2.05) is 0 Å². The average molecular weight is 533 g/mol. The van der Waals surface area contributed by atoms with E-state index in [-0.39, 0.29) is 22.9 Å². The molecule has 1 amide bonds. The third-order valence-corrected chi connectivity index (χ3v) is 6.13. The van der Waals surface area contributed by atoms with Crippen LogP contribution in [0.25, 0.3) is 23.2 Å². The number of halogens is 6. The molecule has 0 saturated carbocycles. The number of benzene rings is 2. The van der Waals surface area contributed by atoms with E-state index in [1.54, 1.807) is 0 Å². The number of nitrogens with two attached hydrogens (primary N) is 1. The predicted octanol–water partition coefficient (Wildman–Crippen LogP) is 3.86. The van der Waals surface area contributed by atoms with Crippen molar-refractivity contribution < 1.29 is 39.6 Å². The van der Waals surface area contributed by atoms with Crippen molar-refractivity contribution in [3.63, 3.8) is 0 Å². The molecule has 0 saturated heterocycles. The molecule has 1 aromatic heterocycles. The highest BCUT2D eigenvalue weighted by Crippen LogP contribution is 2.38. The molecule has 0 atom stereocenters. The Morgan fingerprint density at radius 1 is 1.00 bits per heavy atom. The number of anilines is 1. The van der Waals surface area contributed by atoms with E-state index in [4.69, 9.17) is 5.73 Å². The zero-order chi connectivity index (χ0) is 27.1. The van der Waals surface area contributed by atoms with Crippen LogP contribution in [0.5, 0.6) is 0 Å². The zero-order valence-corrected chi connectivity index (χ0v) is 19.3. The molecule has 192 valence electrons. The molecule has 0 fully saturated rings. The van der Waals surface area contributed by atoms with Gasteiger partial charge in [-0.1, -0.05) is 12.1 Å². The normalized spacial score (nSPS) is 13.1. The first-order chi connectivity index (χ1) is 16.5. The molecule has 2 aromatic carbocycles. The van der Waals surface area contributed by atoms with Crippen LogP contribution in [0.2, 0.25) is 0 Å². The first-order valence-electron chi connectivity index (χ1n) is 9.74. The minimum absolute atomic E-state index is 0.0174. The fourth-order valence-electron chi connectivity index (χ4n) is 3.01. The largest absolute Gasteiger partial charge is 0.416 e. The van der Waals surface area contributed by atoms with Crippen LogP contribution in [0.15, 0.2) is 48.8 Å². The maximum atomic E-state index is 13.1. The van der Waals surface area contributed by atoms with E-state index < -0.39 is 50.8 Å². The van der Waals surface area contributed by atoms with Gasteiger partial charge in [0.15, 0.2) is 5.82 Å². The van der Waals surface area contributed by atoms with Crippen LogP contribution in [0.1, 0.15) is 16.7 Å². The summed E-state index contributed by atoms with van der Waals surface area (Å²) < 4.78 is 104. The third-order valence-electron chi connectivity index (χ3n) is 4.92. The summed E-state index contributed by atoms with van der Waals surface area (Å²) in [6.45, 7) is 0. The van der Waals surface area contributed by atoms with Gasteiger partial charge in [-0.25, -0.2) is 18.1 Å². The van der Waals surface area contributed by atoms with E-state index in [1.165, 1.54) is 31.3 Å². The second-order valence-electron chi connectivity index (χ2n) is 7.53. The summed E-state index contributed by atoms with van der Waals surface area (Å²) in [6, 6.07) is 6.54. The Morgan fingerprint density at radius 2 is 1.53 bits per heavy atom. The highest BCUT2D eigenvalue weighted by atomic mass is 32.2. The molecule has 0 bridgehead atoms. The van der Waals surface area contributed by atoms with Gasteiger partial charge in [-0.2, -0.15) is 26.3 Å². The summed E-state index contributed by atoms with van der Waals surface area (Å²) in [6.07, 6.45) is -7.05. The molecule has 0 aliphatic heterocycles. The quantitative estimate of drug-likeness (QED) is 0.382. The number of rotatable bonds is 6. The lowest BCUT2D eigenvalue weighted by atomic mass is 10.0. The predicted molar refractivity (Wildman–Crippen MR) is 119 cm³/mol. The maximum absolute atomic E-state index is 13.1. The van der Waals surface area contributed by atoms with Crippen LogP contribution in [0, 0.1) is 0 Å². The Bertz CT molecular complexity index is 1400. The molecule has 0 spiro atoms. The van der Waals surface area contributed by atoms with Crippen molar-refractivity contribution in [2.75, 3.05) is 17.6 Å². The Kier molecular flexibility index (Phi) is 6.90. The molecular weight excluding hydrogens is 516 g/mol. The molecule has 2 N–H and O–H groups in total. The van der Waals surface area contributed by atoms with Crippen LogP contribution in [-0.4, -0.2) is 42.4 Å².